The zero-order valence-electron chi connectivity index (χ0n) is 11.7. The Balaban J connectivity index is 3.73. The van der Waals surface area contributed by atoms with Gasteiger partial charge in [-0.05, 0) is 17.8 Å². The van der Waals surface area contributed by atoms with Crippen molar-refractivity contribution in [2.24, 2.45) is 17.8 Å². The van der Waals surface area contributed by atoms with Crippen LogP contribution in [0.25, 0.3) is 0 Å². The molecule has 0 rings (SSSR count). The predicted octanol–water partition coefficient (Wildman–Crippen LogP) is 5.67. The molecule has 0 heteroatoms. The summed E-state index contributed by atoms with van der Waals surface area (Å²) in [6.07, 6.45) is 9.80. The molecular formula is C15H32. The van der Waals surface area contributed by atoms with Crippen molar-refractivity contribution >= 4 is 0 Å². The average Bonchev–Trinajstić information content (AvgIpc) is 2.23. The third-order valence-corrected chi connectivity index (χ3v) is 3.88. The van der Waals surface area contributed by atoms with Gasteiger partial charge >= 0.3 is 0 Å². The van der Waals surface area contributed by atoms with Gasteiger partial charge in [-0.2, -0.15) is 0 Å². The van der Waals surface area contributed by atoms with Crippen LogP contribution in [0.5, 0.6) is 0 Å². The van der Waals surface area contributed by atoms with Crippen LogP contribution in [0.4, 0.5) is 0 Å². The molecule has 0 bridgehead atoms. The largest absolute Gasteiger partial charge is 0.0654 e. The molecule has 3 atom stereocenters. The zero-order valence-corrected chi connectivity index (χ0v) is 11.7. The summed E-state index contributed by atoms with van der Waals surface area (Å²) in [5.41, 5.74) is 0. The van der Waals surface area contributed by atoms with E-state index in [1.165, 1.54) is 44.9 Å². The van der Waals surface area contributed by atoms with Crippen molar-refractivity contribution in [1.82, 2.24) is 0 Å². The highest BCUT2D eigenvalue weighted by molar-refractivity contribution is 4.66. The Kier molecular flexibility index (Phi) is 9.24. The standard InChI is InChI=1S/C15H32/c1-6-9-13(4)11-12-14(5)15(8-3)10-7-2/h13-15H,6-12H2,1-5H3. The molecule has 0 aliphatic rings. The highest BCUT2D eigenvalue weighted by Crippen LogP contribution is 2.27. The third kappa shape index (κ3) is 6.98. The molecule has 0 fully saturated rings. The Bertz CT molecular complexity index is 128. The first-order valence-electron chi connectivity index (χ1n) is 7.15. The third-order valence-electron chi connectivity index (χ3n) is 3.88. The molecule has 0 aliphatic carbocycles. The summed E-state index contributed by atoms with van der Waals surface area (Å²) in [5.74, 6) is 2.86. The van der Waals surface area contributed by atoms with Gasteiger partial charge in [0.15, 0.2) is 0 Å². The van der Waals surface area contributed by atoms with Crippen molar-refractivity contribution in [2.75, 3.05) is 0 Å². The van der Waals surface area contributed by atoms with Gasteiger partial charge in [0.1, 0.15) is 0 Å². The Morgan fingerprint density at radius 1 is 0.733 bits per heavy atom. The molecule has 0 aromatic heterocycles. The molecule has 0 heterocycles. The van der Waals surface area contributed by atoms with Crippen LogP contribution < -0.4 is 0 Å². The summed E-state index contributed by atoms with van der Waals surface area (Å²) in [6.45, 7) is 11.8. The van der Waals surface area contributed by atoms with Crippen LogP contribution in [0.3, 0.4) is 0 Å². The fraction of sp³-hybridized carbons (Fsp3) is 1.00. The summed E-state index contributed by atoms with van der Waals surface area (Å²) in [7, 11) is 0. The summed E-state index contributed by atoms with van der Waals surface area (Å²) in [6, 6.07) is 0. The van der Waals surface area contributed by atoms with Crippen LogP contribution in [0.2, 0.25) is 0 Å². The van der Waals surface area contributed by atoms with E-state index < -0.39 is 0 Å². The molecule has 0 aromatic rings. The van der Waals surface area contributed by atoms with Gasteiger partial charge in [-0.1, -0.05) is 79.6 Å². The minimum atomic E-state index is 0.939. The zero-order chi connectivity index (χ0) is 11.7. The average molecular weight is 212 g/mol. The number of hydrogen-bond donors (Lipinski definition) is 0. The van der Waals surface area contributed by atoms with Gasteiger partial charge in [0.05, 0.1) is 0 Å². The number of hydrogen-bond acceptors (Lipinski definition) is 0. The molecule has 0 saturated carbocycles. The summed E-state index contributed by atoms with van der Waals surface area (Å²) in [5, 5.41) is 0. The molecule has 0 nitrogen and oxygen atoms in total. The first-order valence-corrected chi connectivity index (χ1v) is 7.15. The molecule has 0 spiro atoms. The summed E-state index contributed by atoms with van der Waals surface area (Å²) >= 11 is 0. The summed E-state index contributed by atoms with van der Waals surface area (Å²) < 4.78 is 0. The first kappa shape index (κ1) is 15.0. The molecule has 15 heavy (non-hydrogen) atoms. The lowest BCUT2D eigenvalue weighted by Crippen LogP contribution is -2.12. The maximum absolute atomic E-state index is 2.46. The van der Waals surface area contributed by atoms with E-state index in [0.717, 1.165) is 17.8 Å². The van der Waals surface area contributed by atoms with Crippen LogP contribution in [0.15, 0.2) is 0 Å². The maximum atomic E-state index is 2.46. The molecule has 0 aromatic carbocycles. The normalized spacial score (nSPS) is 17.4. The van der Waals surface area contributed by atoms with Crippen LogP contribution >= 0.6 is 0 Å². The molecule has 0 aliphatic heterocycles. The second kappa shape index (κ2) is 9.24. The van der Waals surface area contributed by atoms with Gasteiger partial charge in [-0.25, -0.2) is 0 Å². The van der Waals surface area contributed by atoms with Crippen LogP contribution in [0.1, 0.15) is 79.6 Å². The van der Waals surface area contributed by atoms with Gasteiger partial charge in [0.2, 0.25) is 0 Å². The van der Waals surface area contributed by atoms with E-state index >= 15 is 0 Å². The van der Waals surface area contributed by atoms with Gasteiger partial charge in [0, 0.05) is 0 Å². The van der Waals surface area contributed by atoms with E-state index in [2.05, 4.69) is 34.6 Å². The molecule has 0 N–H and O–H groups in total. The Hall–Kier alpha value is 0. The van der Waals surface area contributed by atoms with E-state index in [9.17, 15) is 0 Å². The highest BCUT2D eigenvalue weighted by atomic mass is 14.2. The first-order chi connectivity index (χ1) is 7.15. The Morgan fingerprint density at radius 2 is 1.33 bits per heavy atom. The molecule has 3 unspecified atom stereocenters. The lowest BCUT2D eigenvalue weighted by molar-refractivity contribution is 0.282. The molecule has 0 saturated heterocycles. The highest BCUT2D eigenvalue weighted by Gasteiger charge is 2.15. The topological polar surface area (TPSA) is 0 Å². The maximum Gasteiger partial charge on any atom is -0.0391 e. The van der Waals surface area contributed by atoms with Gasteiger partial charge < -0.3 is 0 Å². The minimum absolute atomic E-state index is 0.939. The monoisotopic (exact) mass is 212 g/mol. The van der Waals surface area contributed by atoms with Crippen molar-refractivity contribution in [2.45, 2.75) is 79.6 Å². The van der Waals surface area contributed by atoms with E-state index in [0.29, 0.717) is 0 Å². The van der Waals surface area contributed by atoms with Gasteiger partial charge in [-0.3, -0.25) is 0 Å². The number of rotatable bonds is 9. The van der Waals surface area contributed by atoms with Gasteiger partial charge in [-0.15, -0.1) is 0 Å². The quantitative estimate of drug-likeness (QED) is 0.462. The lowest BCUT2D eigenvalue weighted by Gasteiger charge is -2.23. The van der Waals surface area contributed by atoms with Crippen molar-refractivity contribution in [1.29, 1.82) is 0 Å². The van der Waals surface area contributed by atoms with Crippen molar-refractivity contribution in [3.63, 3.8) is 0 Å². The molecule has 92 valence electrons. The minimum Gasteiger partial charge on any atom is -0.0654 e. The second-order valence-corrected chi connectivity index (χ2v) is 5.41. The predicted molar refractivity (Wildman–Crippen MR) is 71.2 cm³/mol. The Morgan fingerprint density at radius 3 is 1.80 bits per heavy atom. The van der Waals surface area contributed by atoms with E-state index in [4.69, 9.17) is 0 Å². The van der Waals surface area contributed by atoms with Crippen molar-refractivity contribution in [3.8, 4) is 0 Å². The molecule has 0 amide bonds. The smallest absolute Gasteiger partial charge is 0.0391 e. The SMILES string of the molecule is CCCC(C)CCC(C)C(CC)CCC. The van der Waals surface area contributed by atoms with Crippen molar-refractivity contribution in [3.05, 3.63) is 0 Å². The van der Waals surface area contributed by atoms with E-state index in [1.54, 1.807) is 0 Å². The van der Waals surface area contributed by atoms with Gasteiger partial charge in [0.25, 0.3) is 0 Å². The Labute approximate surface area is 97.8 Å². The lowest BCUT2D eigenvalue weighted by atomic mass is 9.83. The van der Waals surface area contributed by atoms with E-state index in [1.807, 2.05) is 0 Å². The fourth-order valence-corrected chi connectivity index (χ4v) is 2.68. The fourth-order valence-electron chi connectivity index (χ4n) is 2.68. The second-order valence-electron chi connectivity index (χ2n) is 5.41. The van der Waals surface area contributed by atoms with Crippen LogP contribution in [-0.2, 0) is 0 Å². The summed E-state index contributed by atoms with van der Waals surface area (Å²) in [4.78, 5) is 0. The molecule has 0 radical (unpaired) electrons. The molecular weight excluding hydrogens is 180 g/mol. The van der Waals surface area contributed by atoms with Crippen LogP contribution in [0, 0.1) is 17.8 Å². The van der Waals surface area contributed by atoms with Crippen LogP contribution in [-0.4, -0.2) is 0 Å². The van der Waals surface area contributed by atoms with Crippen molar-refractivity contribution < 1.29 is 0 Å². The van der Waals surface area contributed by atoms with E-state index in [-0.39, 0.29) is 0 Å².